The zero-order valence-electron chi connectivity index (χ0n) is 18.6. The summed E-state index contributed by atoms with van der Waals surface area (Å²) in [5, 5.41) is 0. The van der Waals surface area contributed by atoms with Crippen LogP contribution >= 0.6 is 0 Å². The number of anilines is 2. The number of benzene rings is 1. The first-order valence-corrected chi connectivity index (χ1v) is 12.8. The van der Waals surface area contributed by atoms with Gasteiger partial charge >= 0.3 is 0 Å². The van der Waals surface area contributed by atoms with Crippen LogP contribution in [0.1, 0.15) is 39.0 Å². The Hall–Kier alpha value is -2.82. The molecule has 2 fully saturated rings. The predicted octanol–water partition coefficient (Wildman–Crippen LogP) is 0.868. The Morgan fingerprint density at radius 3 is 2.28 bits per heavy atom. The molecular weight excluding hydrogens is 430 g/mol. The number of hydrogen-bond donors (Lipinski definition) is 2. The molecule has 2 heterocycles. The summed E-state index contributed by atoms with van der Waals surface area (Å²) in [5.74, 6) is 0.417. The normalized spacial score (nSPS) is 21.4. The van der Waals surface area contributed by atoms with E-state index in [1.807, 2.05) is 15.9 Å². The number of amides is 1. The highest BCUT2D eigenvalue weighted by atomic mass is 32.2. The molecule has 1 saturated heterocycles. The van der Waals surface area contributed by atoms with Crippen molar-refractivity contribution >= 4 is 39.0 Å². The third-order valence-corrected chi connectivity index (χ3v) is 7.64. The zero-order chi connectivity index (χ0) is 23.1. The molecule has 10 nitrogen and oxygen atoms in total. The number of sulfone groups is 1. The van der Waals surface area contributed by atoms with Crippen LogP contribution in [0.4, 0.5) is 11.4 Å². The quantitative estimate of drug-likeness (QED) is 0.681. The van der Waals surface area contributed by atoms with Crippen molar-refractivity contribution in [3.8, 4) is 0 Å². The molecular formula is C21H31N7O3S. The van der Waals surface area contributed by atoms with Crippen molar-refractivity contribution in [3.63, 3.8) is 0 Å². The van der Waals surface area contributed by atoms with Gasteiger partial charge in [-0.2, -0.15) is 4.99 Å². The average molecular weight is 462 g/mol. The second-order valence-corrected chi connectivity index (χ2v) is 10.8. The Morgan fingerprint density at radius 1 is 1.03 bits per heavy atom. The number of hydrogen-bond acceptors (Lipinski definition) is 9. The molecule has 4 N–H and O–H groups in total. The lowest BCUT2D eigenvalue weighted by molar-refractivity contribution is -0.129. The summed E-state index contributed by atoms with van der Waals surface area (Å²) >= 11 is 0. The van der Waals surface area contributed by atoms with Crippen LogP contribution < -0.4 is 21.3 Å². The van der Waals surface area contributed by atoms with Crippen LogP contribution in [-0.4, -0.2) is 69.2 Å². The maximum Gasteiger partial charge on any atom is 0.220 e. The maximum absolute atomic E-state index is 12.4. The van der Waals surface area contributed by atoms with Gasteiger partial charge in [-0.05, 0) is 43.9 Å². The first-order valence-electron chi connectivity index (χ1n) is 10.9. The van der Waals surface area contributed by atoms with Gasteiger partial charge in [0.1, 0.15) is 5.66 Å². The summed E-state index contributed by atoms with van der Waals surface area (Å²) in [6, 6.07) is 5.10. The average Bonchev–Trinajstić information content (AvgIpc) is 2.73. The molecule has 4 rings (SSSR count). The lowest BCUT2D eigenvalue weighted by Crippen LogP contribution is -2.59. The molecule has 1 amide bonds. The molecule has 1 spiro atoms. The fraction of sp³-hybridized carbons (Fsp3) is 0.571. The number of guanidine groups is 2. The van der Waals surface area contributed by atoms with Crippen molar-refractivity contribution in [3.05, 3.63) is 18.2 Å². The van der Waals surface area contributed by atoms with Gasteiger partial charge in [0, 0.05) is 39.4 Å². The lowest BCUT2D eigenvalue weighted by Gasteiger charge is -2.47. The SMILES string of the molecule is CC(=O)N1CCN(c2ccc(S(C)(=O)=O)cc2N2C(N)=NC(N)=NC23CCCCC3)CC1. The number of rotatable bonds is 3. The van der Waals surface area contributed by atoms with Crippen LogP contribution in [0.3, 0.4) is 0 Å². The molecule has 1 saturated carbocycles. The minimum Gasteiger partial charge on any atom is -0.369 e. The first-order chi connectivity index (χ1) is 15.1. The first kappa shape index (κ1) is 22.4. The van der Waals surface area contributed by atoms with E-state index in [2.05, 4.69) is 9.89 Å². The Labute approximate surface area is 188 Å². The molecule has 0 atom stereocenters. The van der Waals surface area contributed by atoms with E-state index in [0.717, 1.165) is 37.8 Å². The predicted molar refractivity (Wildman–Crippen MR) is 126 cm³/mol. The third kappa shape index (κ3) is 4.13. The third-order valence-electron chi connectivity index (χ3n) is 6.53. The Bertz CT molecular complexity index is 1070. The van der Waals surface area contributed by atoms with Crippen LogP contribution in [0, 0.1) is 0 Å². The minimum atomic E-state index is -3.44. The highest BCUT2D eigenvalue weighted by Crippen LogP contribution is 2.43. The molecule has 174 valence electrons. The van der Waals surface area contributed by atoms with Gasteiger partial charge in [0.05, 0.1) is 16.3 Å². The fourth-order valence-corrected chi connectivity index (χ4v) is 5.55. The van der Waals surface area contributed by atoms with Gasteiger partial charge in [-0.25, -0.2) is 13.4 Å². The summed E-state index contributed by atoms with van der Waals surface area (Å²) in [5.41, 5.74) is 13.2. The molecule has 1 aromatic rings. The van der Waals surface area contributed by atoms with E-state index in [9.17, 15) is 13.2 Å². The van der Waals surface area contributed by atoms with Crippen molar-refractivity contribution in [2.75, 3.05) is 42.2 Å². The van der Waals surface area contributed by atoms with E-state index in [1.54, 1.807) is 19.1 Å². The second-order valence-electron chi connectivity index (χ2n) is 8.73. The van der Waals surface area contributed by atoms with Crippen LogP contribution in [0.25, 0.3) is 0 Å². The topological polar surface area (TPSA) is 138 Å². The largest absolute Gasteiger partial charge is 0.369 e. The van der Waals surface area contributed by atoms with Gasteiger partial charge in [0.15, 0.2) is 9.84 Å². The van der Waals surface area contributed by atoms with Crippen molar-refractivity contribution in [2.24, 2.45) is 21.5 Å². The van der Waals surface area contributed by atoms with Gasteiger partial charge in [-0.15, -0.1) is 0 Å². The number of nitrogens with two attached hydrogens (primary N) is 2. The molecule has 2 aliphatic heterocycles. The van der Waals surface area contributed by atoms with Crippen LogP contribution in [0.5, 0.6) is 0 Å². The van der Waals surface area contributed by atoms with Crippen LogP contribution in [0.15, 0.2) is 33.1 Å². The number of carbonyl (C=O) groups is 1. The Kier molecular flexibility index (Phi) is 5.78. The Balaban J connectivity index is 1.82. The zero-order valence-corrected chi connectivity index (χ0v) is 19.4. The van der Waals surface area contributed by atoms with Gasteiger partial charge in [-0.1, -0.05) is 6.42 Å². The van der Waals surface area contributed by atoms with E-state index in [0.29, 0.717) is 31.9 Å². The van der Waals surface area contributed by atoms with E-state index in [-0.39, 0.29) is 22.7 Å². The van der Waals surface area contributed by atoms with E-state index >= 15 is 0 Å². The van der Waals surface area contributed by atoms with Crippen molar-refractivity contribution in [1.29, 1.82) is 0 Å². The number of nitrogens with zero attached hydrogens (tertiary/aromatic N) is 5. The van der Waals surface area contributed by atoms with Crippen molar-refractivity contribution in [2.45, 2.75) is 49.6 Å². The van der Waals surface area contributed by atoms with Gasteiger partial charge in [0.25, 0.3) is 0 Å². The fourth-order valence-electron chi connectivity index (χ4n) is 4.91. The van der Waals surface area contributed by atoms with Crippen molar-refractivity contribution < 1.29 is 13.2 Å². The maximum atomic E-state index is 12.4. The van der Waals surface area contributed by atoms with Gasteiger partial charge < -0.3 is 21.3 Å². The summed E-state index contributed by atoms with van der Waals surface area (Å²) in [6.45, 7) is 4.04. The van der Waals surface area contributed by atoms with Crippen LogP contribution in [-0.2, 0) is 14.6 Å². The molecule has 32 heavy (non-hydrogen) atoms. The number of carbonyl (C=O) groups excluding carboxylic acids is 1. The van der Waals surface area contributed by atoms with E-state index in [4.69, 9.17) is 16.5 Å². The molecule has 0 radical (unpaired) electrons. The summed E-state index contributed by atoms with van der Waals surface area (Å²) in [7, 11) is -3.44. The highest BCUT2D eigenvalue weighted by molar-refractivity contribution is 7.90. The molecule has 0 aromatic heterocycles. The van der Waals surface area contributed by atoms with E-state index < -0.39 is 15.5 Å². The number of aliphatic imine (C=N–C) groups is 2. The number of piperazine rings is 1. The summed E-state index contributed by atoms with van der Waals surface area (Å²) in [4.78, 5) is 26.8. The molecule has 0 bridgehead atoms. The molecule has 1 aromatic carbocycles. The standard InChI is InChI=1S/C21H31N7O3S/c1-15(29)26-10-12-27(13-11-26)17-7-6-16(32(2,30)31)14-18(17)28-20(23)24-19(22)25-21(28)8-4-3-5-9-21/h6-7,14H,3-5,8-13H2,1-2H3,(H4,22,23,24,25). The second kappa shape index (κ2) is 8.27. The van der Waals surface area contributed by atoms with E-state index in [1.165, 1.54) is 6.26 Å². The molecule has 3 aliphatic rings. The summed E-state index contributed by atoms with van der Waals surface area (Å²) < 4.78 is 24.8. The Morgan fingerprint density at radius 2 is 1.69 bits per heavy atom. The lowest BCUT2D eigenvalue weighted by atomic mass is 9.87. The molecule has 0 unspecified atom stereocenters. The van der Waals surface area contributed by atoms with Crippen molar-refractivity contribution in [1.82, 2.24) is 4.90 Å². The molecule has 11 heteroatoms. The van der Waals surface area contributed by atoms with Gasteiger partial charge in [0.2, 0.25) is 17.8 Å². The van der Waals surface area contributed by atoms with Crippen LogP contribution in [0.2, 0.25) is 0 Å². The monoisotopic (exact) mass is 461 g/mol. The minimum absolute atomic E-state index is 0.0516. The highest BCUT2D eigenvalue weighted by Gasteiger charge is 2.44. The molecule has 1 aliphatic carbocycles. The smallest absolute Gasteiger partial charge is 0.220 e. The summed E-state index contributed by atoms with van der Waals surface area (Å²) in [6.07, 6.45) is 5.75. The van der Waals surface area contributed by atoms with Gasteiger partial charge in [-0.3, -0.25) is 9.69 Å².